The van der Waals surface area contributed by atoms with E-state index in [2.05, 4.69) is 23.3 Å². The van der Waals surface area contributed by atoms with Gasteiger partial charge in [-0.1, -0.05) is 19.4 Å². The summed E-state index contributed by atoms with van der Waals surface area (Å²) < 4.78 is 5.74. The topological polar surface area (TPSA) is 57.4 Å². The van der Waals surface area contributed by atoms with E-state index in [-0.39, 0.29) is 6.03 Å². The van der Waals surface area contributed by atoms with Crippen molar-refractivity contribution in [2.24, 2.45) is 5.92 Å². The predicted molar refractivity (Wildman–Crippen MR) is 96.5 cm³/mol. The Kier molecular flexibility index (Phi) is 5.28. The van der Waals surface area contributed by atoms with Gasteiger partial charge in [0, 0.05) is 36.7 Å². The van der Waals surface area contributed by atoms with E-state index in [1.807, 2.05) is 30.2 Å². The van der Waals surface area contributed by atoms with Crippen LogP contribution in [0.2, 0.25) is 0 Å². The largest absolute Gasteiger partial charge is 0.493 e. The third kappa shape index (κ3) is 3.50. The number of hydrogen-bond donors (Lipinski definition) is 2. The summed E-state index contributed by atoms with van der Waals surface area (Å²) in [5.74, 6) is 1.57. The van der Waals surface area contributed by atoms with Crippen LogP contribution in [0.1, 0.15) is 32.3 Å². The number of benzene rings is 1. The van der Waals surface area contributed by atoms with Gasteiger partial charge in [0.15, 0.2) is 0 Å². The number of carbonyl (C=O) groups is 1. The molecule has 3 rings (SSSR count). The number of H-pyrrole nitrogens is 1. The van der Waals surface area contributed by atoms with Gasteiger partial charge in [-0.15, -0.1) is 0 Å². The Bertz CT molecular complexity index is 695. The van der Waals surface area contributed by atoms with Crippen LogP contribution in [-0.2, 0) is 6.42 Å². The molecule has 1 aliphatic heterocycles. The molecule has 2 amide bonds. The monoisotopic (exact) mass is 329 g/mol. The van der Waals surface area contributed by atoms with E-state index in [9.17, 15) is 4.79 Å². The van der Waals surface area contributed by atoms with Gasteiger partial charge in [-0.2, -0.15) is 0 Å². The lowest BCUT2D eigenvalue weighted by atomic mass is 10.1. The normalized spacial score (nSPS) is 17.4. The zero-order valence-corrected chi connectivity index (χ0v) is 14.6. The molecular formula is C19H27N3O2. The quantitative estimate of drug-likeness (QED) is 0.851. The number of nitrogens with zero attached hydrogens (tertiary/aromatic N) is 1. The van der Waals surface area contributed by atoms with Crippen molar-refractivity contribution in [1.82, 2.24) is 15.2 Å². The highest BCUT2D eigenvalue weighted by molar-refractivity contribution is 5.89. The summed E-state index contributed by atoms with van der Waals surface area (Å²) >= 11 is 0. The summed E-state index contributed by atoms with van der Waals surface area (Å²) in [6.45, 7) is 7.24. The molecule has 5 nitrogen and oxygen atoms in total. The Morgan fingerprint density at radius 3 is 3.04 bits per heavy atom. The number of aromatic nitrogens is 1. The van der Waals surface area contributed by atoms with E-state index in [1.165, 1.54) is 5.56 Å². The fourth-order valence-electron chi connectivity index (χ4n) is 3.46. The van der Waals surface area contributed by atoms with E-state index in [4.69, 9.17) is 4.74 Å². The molecule has 1 fully saturated rings. The zero-order chi connectivity index (χ0) is 16.9. The predicted octanol–water partition coefficient (Wildman–Crippen LogP) is 3.55. The molecule has 1 aromatic heterocycles. The number of amides is 2. The summed E-state index contributed by atoms with van der Waals surface area (Å²) in [5, 5.41) is 4.18. The fourth-order valence-corrected chi connectivity index (χ4v) is 3.46. The standard InChI is InChI=1S/C19H27N3O2/c1-3-14-9-11-22(13-14)19(23)20-10-8-15-12-21-16-6-5-7-17(18(15)16)24-4-2/h5-7,12,14,21H,3-4,8-11,13H2,1-2H3,(H,20,23)/t14-/m1/s1. The van der Waals surface area contributed by atoms with E-state index in [1.54, 1.807) is 0 Å². The average Bonchev–Trinajstić information content (AvgIpc) is 3.22. The van der Waals surface area contributed by atoms with Gasteiger partial charge in [-0.25, -0.2) is 4.79 Å². The van der Waals surface area contributed by atoms with Gasteiger partial charge < -0.3 is 19.9 Å². The summed E-state index contributed by atoms with van der Waals surface area (Å²) in [5.41, 5.74) is 2.26. The molecule has 1 aromatic carbocycles. The van der Waals surface area contributed by atoms with Crippen LogP contribution in [0.4, 0.5) is 4.79 Å². The molecule has 24 heavy (non-hydrogen) atoms. The molecule has 1 aliphatic rings. The Morgan fingerprint density at radius 2 is 2.29 bits per heavy atom. The second-order valence-corrected chi connectivity index (χ2v) is 6.42. The molecule has 0 aliphatic carbocycles. The maximum Gasteiger partial charge on any atom is 0.317 e. The highest BCUT2D eigenvalue weighted by Gasteiger charge is 2.24. The van der Waals surface area contributed by atoms with Crippen molar-refractivity contribution in [2.75, 3.05) is 26.2 Å². The SMILES string of the molecule is CCOc1cccc2[nH]cc(CCNC(=O)N3CC[C@@H](CC)C3)c12. The van der Waals surface area contributed by atoms with Crippen molar-refractivity contribution < 1.29 is 9.53 Å². The maximum atomic E-state index is 12.3. The minimum atomic E-state index is 0.0656. The minimum absolute atomic E-state index is 0.0656. The lowest BCUT2D eigenvalue weighted by Crippen LogP contribution is -2.39. The Morgan fingerprint density at radius 1 is 1.42 bits per heavy atom. The summed E-state index contributed by atoms with van der Waals surface area (Å²) in [4.78, 5) is 17.5. The van der Waals surface area contributed by atoms with Crippen LogP contribution in [0, 0.1) is 5.92 Å². The van der Waals surface area contributed by atoms with Crippen LogP contribution < -0.4 is 10.1 Å². The van der Waals surface area contributed by atoms with Crippen LogP contribution in [0.5, 0.6) is 5.75 Å². The smallest absolute Gasteiger partial charge is 0.317 e. The molecule has 0 saturated carbocycles. The number of fused-ring (bicyclic) bond motifs is 1. The molecule has 130 valence electrons. The number of aromatic amines is 1. The minimum Gasteiger partial charge on any atom is -0.493 e. The number of ether oxygens (including phenoxy) is 1. The summed E-state index contributed by atoms with van der Waals surface area (Å²) in [7, 11) is 0. The average molecular weight is 329 g/mol. The number of likely N-dealkylation sites (tertiary alicyclic amines) is 1. The number of nitrogens with one attached hydrogen (secondary N) is 2. The lowest BCUT2D eigenvalue weighted by Gasteiger charge is -2.17. The van der Waals surface area contributed by atoms with Crippen molar-refractivity contribution in [3.63, 3.8) is 0 Å². The van der Waals surface area contributed by atoms with E-state index in [0.29, 0.717) is 19.1 Å². The number of urea groups is 1. The first-order chi connectivity index (χ1) is 11.7. The first-order valence-electron chi connectivity index (χ1n) is 8.97. The van der Waals surface area contributed by atoms with Gasteiger partial charge in [0.25, 0.3) is 0 Å². The molecule has 2 N–H and O–H groups in total. The second-order valence-electron chi connectivity index (χ2n) is 6.42. The highest BCUT2D eigenvalue weighted by Crippen LogP contribution is 2.29. The highest BCUT2D eigenvalue weighted by atomic mass is 16.5. The Hall–Kier alpha value is -2.17. The Balaban J connectivity index is 1.59. The second kappa shape index (κ2) is 7.60. The molecule has 0 radical (unpaired) electrons. The first kappa shape index (κ1) is 16.7. The fraction of sp³-hybridized carbons (Fsp3) is 0.526. The first-order valence-corrected chi connectivity index (χ1v) is 8.97. The zero-order valence-electron chi connectivity index (χ0n) is 14.6. The third-order valence-electron chi connectivity index (χ3n) is 4.87. The van der Waals surface area contributed by atoms with Crippen molar-refractivity contribution in [1.29, 1.82) is 0 Å². The Labute approximate surface area is 143 Å². The van der Waals surface area contributed by atoms with E-state index < -0.39 is 0 Å². The molecule has 0 spiro atoms. The van der Waals surface area contributed by atoms with Crippen molar-refractivity contribution in [3.05, 3.63) is 30.0 Å². The maximum absolute atomic E-state index is 12.3. The van der Waals surface area contributed by atoms with E-state index >= 15 is 0 Å². The van der Waals surface area contributed by atoms with Crippen LogP contribution >= 0.6 is 0 Å². The van der Waals surface area contributed by atoms with Crippen molar-refractivity contribution in [3.8, 4) is 5.75 Å². The van der Waals surface area contributed by atoms with Gasteiger partial charge in [0.1, 0.15) is 5.75 Å². The molecule has 5 heteroatoms. The van der Waals surface area contributed by atoms with Crippen molar-refractivity contribution >= 4 is 16.9 Å². The van der Waals surface area contributed by atoms with Gasteiger partial charge in [0.05, 0.1) is 6.61 Å². The molecule has 2 heterocycles. The van der Waals surface area contributed by atoms with Crippen molar-refractivity contribution in [2.45, 2.75) is 33.1 Å². The molecule has 1 atom stereocenters. The lowest BCUT2D eigenvalue weighted by molar-refractivity contribution is 0.207. The molecular weight excluding hydrogens is 302 g/mol. The number of carbonyl (C=O) groups excluding carboxylic acids is 1. The van der Waals surface area contributed by atoms with Gasteiger partial charge in [0.2, 0.25) is 0 Å². The van der Waals surface area contributed by atoms with E-state index in [0.717, 1.165) is 49.0 Å². The number of rotatable bonds is 6. The van der Waals surface area contributed by atoms with Crippen LogP contribution in [0.15, 0.2) is 24.4 Å². The molecule has 2 aromatic rings. The van der Waals surface area contributed by atoms with Gasteiger partial charge in [-0.05, 0) is 43.4 Å². The van der Waals surface area contributed by atoms with Crippen LogP contribution in [0.3, 0.4) is 0 Å². The van der Waals surface area contributed by atoms with Crippen LogP contribution in [-0.4, -0.2) is 42.2 Å². The number of hydrogen-bond acceptors (Lipinski definition) is 2. The van der Waals surface area contributed by atoms with Gasteiger partial charge in [-0.3, -0.25) is 0 Å². The summed E-state index contributed by atoms with van der Waals surface area (Å²) in [6.07, 6.45) is 5.09. The summed E-state index contributed by atoms with van der Waals surface area (Å²) in [6, 6.07) is 6.11. The third-order valence-corrected chi connectivity index (χ3v) is 4.87. The molecule has 0 bridgehead atoms. The molecule has 1 saturated heterocycles. The van der Waals surface area contributed by atoms with Crippen LogP contribution in [0.25, 0.3) is 10.9 Å². The van der Waals surface area contributed by atoms with Gasteiger partial charge >= 0.3 is 6.03 Å². The molecule has 0 unspecified atom stereocenters.